The van der Waals surface area contributed by atoms with Gasteiger partial charge in [-0.05, 0) is 40.5 Å². The van der Waals surface area contributed by atoms with Crippen LogP contribution in [0.4, 0.5) is 0 Å². The highest BCUT2D eigenvalue weighted by Crippen LogP contribution is 2.50. The number of aromatic nitrogens is 3. The fourth-order valence-electron chi connectivity index (χ4n) is 3.62. The van der Waals surface area contributed by atoms with Crippen LogP contribution in [0, 0.1) is 0 Å². The van der Waals surface area contributed by atoms with Crippen LogP contribution >= 0.6 is 35.0 Å². The maximum Gasteiger partial charge on any atom is 0.0930 e. The van der Waals surface area contributed by atoms with E-state index >= 15 is 0 Å². The Morgan fingerprint density at radius 1 is 0.857 bits per heavy atom. The molecule has 1 aliphatic rings. The molecule has 5 rings (SSSR count). The van der Waals surface area contributed by atoms with Gasteiger partial charge in [-0.1, -0.05) is 76.9 Å². The first-order valence-corrected chi connectivity index (χ1v) is 10.7. The van der Waals surface area contributed by atoms with Crippen molar-refractivity contribution in [3.8, 4) is 16.8 Å². The molecule has 0 saturated carbocycles. The molecule has 138 valence electrons. The van der Waals surface area contributed by atoms with Crippen LogP contribution < -0.4 is 0 Å². The smallest absolute Gasteiger partial charge is 0.0930 e. The van der Waals surface area contributed by atoms with Crippen molar-refractivity contribution in [2.75, 3.05) is 0 Å². The molecule has 6 heteroatoms. The second-order valence-corrected chi connectivity index (χ2v) is 8.61. The highest BCUT2D eigenvalue weighted by Gasteiger charge is 2.28. The van der Waals surface area contributed by atoms with E-state index in [-0.39, 0.29) is 0 Å². The quantitative estimate of drug-likeness (QED) is 0.371. The molecule has 28 heavy (non-hydrogen) atoms. The van der Waals surface area contributed by atoms with Gasteiger partial charge in [-0.2, -0.15) is 0 Å². The molecule has 0 bridgehead atoms. The number of halogens is 2. The molecule has 0 radical (unpaired) electrons. The van der Waals surface area contributed by atoms with Crippen molar-refractivity contribution >= 4 is 35.0 Å². The van der Waals surface area contributed by atoms with Gasteiger partial charge >= 0.3 is 0 Å². The van der Waals surface area contributed by atoms with E-state index in [1.165, 1.54) is 22.3 Å². The first kappa shape index (κ1) is 17.8. The maximum absolute atomic E-state index is 6.10. The van der Waals surface area contributed by atoms with Crippen molar-refractivity contribution in [2.24, 2.45) is 0 Å². The summed E-state index contributed by atoms with van der Waals surface area (Å²) in [6.45, 7) is 0. The topological polar surface area (TPSA) is 30.7 Å². The summed E-state index contributed by atoms with van der Waals surface area (Å²) in [4.78, 5) is 0. The van der Waals surface area contributed by atoms with Crippen LogP contribution in [-0.2, 0) is 5.75 Å². The number of rotatable bonds is 4. The van der Waals surface area contributed by atoms with E-state index in [2.05, 4.69) is 58.8 Å². The standard InChI is InChI=1S/C22H15Cl2N3S/c23-14-9-15(24)11-17(10-14)27-12-16(25-26-27)13-28-22-20-7-3-1-5-18(20)19-6-2-4-8-21(19)22/h1-12,22H,13H2. The van der Waals surface area contributed by atoms with Crippen molar-refractivity contribution < 1.29 is 0 Å². The highest BCUT2D eigenvalue weighted by molar-refractivity contribution is 7.99. The Labute approximate surface area is 177 Å². The number of thioether (sulfide) groups is 1. The average molecular weight is 424 g/mol. The zero-order valence-corrected chi connectivity index (χ0v) is 17.0. The van der Waals surface area contributed by atoms with Crippen molar-refractivity contribution in [3.63, 3.8) is 0 Å². The van der Waals surface area contributed by atoms with Crippen LogP contribution in [0.25, 0.3) is 16.8 Å². The Hall–Kier alpha value is -2.27. The molecule has 1 aliphatic carbocycles. The lowest BCUT2D eigenvalue weighted by molar-refractivity contribution is 0.800. The molecule has 0 N–H and O–H groups in total. The van der Waals surface area contributed by atoms with Gasteiger partial charge in [-0.15, -0.1) is 16.9 Å². The van der Waals surface area contributed by atoms with Crippen LogP contribution in [0.5, 0.6) is 0 Å². The summed E-state index contributed by atoms with van der Waals surface area (Å²) in [5.74, 6) is 0.766. The normalized spacial score (nSPS) is 12.8. The van der Waals surface area contributed by atoms with Crippen LogP contribution in [0.2, 0.25) is 10.0 Å². The SMILES string of the molecule is Clc1cc(Cl)cc(-n2cc(CSC3c4ccccc4-c4ccccc43)nn2)c1. The second kappa shape index (κ2) is 7.28. The Kier molecular flexibility index (Phi) is 4.63. The molecular formula is C22H15Cl2N3S. The van der Waals surface area contributed by atoms with E-state index in [0.717, 1.165) is 17.1 Å². The third-order valence-electron chi connectivity index (χ3n) is 4.83. The molecule has 0 unspecified atom stereocenters. The second-order valence-electron chi connectivity index (χ2n) is 6.65. The maximum atomic E-state index is 6.10. The van der Waals surface area contributed by atoms with Crippen molar-refractivity contribution in [1.82, 2.24) is 15.0 Å². The molecule has 0 fully saturated rings. The van der Waals surface area contributed by atoms with Gasteiger partial charge in [-0.3, -0.25) is 0 Å². The Balaban J connectivity index is 1.40. The molecule has 1 heterocycles. The fraction of sp³-hybridized carbons (Fsp3) is 0.0909. The minimum absolute atomic E-state index is 0.304. The monoisotopic (exact) mass is 423 g/mol. The fourth-order valence-corrected chi connectivity index (χ4v) is 5.37. The summed E-state index contributed by atoms with van der Waals surface area (Å²) in [6.07, 6.45) is 1.93. The van der Waals surface area contributed by atoms with Crippen molar-refractivity contribution in [2.45, 2.75) is 11.0 Å². The van der Waals surface area contributed by atoms with E-state index in [4.69, 9.17) is 23.2 Å². The number of nitrogens with zero attached hydrogens (tertiary/aromatic N) is 3. The first-order chi connectivity index (χ1) is 13.7. The lowest BCUT2D eigenvalue weighted by Gasteiger charge is -2.12. The predicted molar refractivity (Wildman–Crippen MR) is 116 cm³/mol. The summed E-state index contributed by atoms with van der Waals surface area (Å²) >= 11 is 14.1. The van der Waals surface area contributed by atoms with Crippen LogP contribution in [0.3, 0.4) is 0 Å². The van der Waals surface area contributed by atoms with Gasteiger partial charge in [0.2, 0.25) is 0 Å². The molecule has 0 spiro atoms. The Morgan fingerprint density at radius 3 is 2.11 bits per heavy atom. The largest absolute Gasteiger partial charge is 0.220 e. The summed E-state index contributed by atoms with van der Waals surface area (Å²) < 4.78 is 1.71. The van der Waals surface area contributed by atoms with Gasteiger partial charge < -0.3 is 0 Å². The van der Waals surface area contributed by atoms with E-state index < -0.39 is 0 Å². The number of hydrogen-bond donors (Lipinski definition) is 0. The van der Waals surface area contributed by atoms with Crippen LogP contribution in [0.1, 0.15) is 22.1 Å². The molecule has 0 aliphatic heterocycles. The minimum atomic E-state index is 0.304. The van der Waals surface area contributed by atoms with Gasteiger partial charge in [-0.25, -0.2) is 4.68 Å². The number of hydrogen-bond acceptors (Lipinski definition) is 3. The first-order valence-electron chi connectivity index (χ1n) is 8.86. The Bertz CT molecular complexity index is 1110. The van der Waals surface area contributed by atoms with Gasteiger partial charge in [0, 0.05) is 15.8 Å². The molecular weight excluding hydrogens is 409 g/mol. The zero-order chi connectivity index (χ0) is 19.1. The lowest BCUT2D eigenvalue weighted by atomic mass is 10.1. The summed E-state index contributed by atoms with van der Waals surface area (Å²) in [7, 11) is 0. The average Bonchev–Trinajstić information content (AvgIpc) is 3.29. The molecule has 0 atom stereocenters. The van der Waals surface area contributed by atoms with Gasteiger partial charge in [0.05, 0.1) is 22.8 Å². The molecule has 3 nitrogen and oxygen atoms in total. The summed E-state index contributed by atoms with van der Waals surface area (Å²) in [6, 6.07) is 22.6. The number of fused-ring (bicyclic) bond motifs is 3. The number of benzene rings is 3. The highest BCUT2D eigenvalue weighted by atomic mass is 35.5. The molecule has 1 aromatic heterocycles. The van der Waals surface area contributed by atoms with Crippen LogP contribution in [0.15, 0.2) is 72.9 Å². The van der Waals surface area contributed by atoms with Gasteiger partial charge in [0.15, 0.2) is 0 Å². The minimum Gasteiger partial charge on any atom is -0.220 e. The molecule has 4 aromatic rings. The van der Waals surface area contributed by atoms with E-state index in [0.29, 0.717) is 15.3 Å². The van der Waals surface area contributed by atoms with Crippen molar-refractivity contribution in [1.29, 1.82) is 0 Å². The predicted octanol–water partition coefficient (Wildman–Crippen LogP) is 6.58. The van der Waals surface area contributed by atoms with E-state index in [1.807, 2.05) is 30.1 Å². The zero-order valence-electron chi connectivity index (χ0n) is 14.7. The Morgan fingerprint density at radius 2 is 1.46 bits per heavy atom. The summed E-state index contributed by atoms with van der Waals surface area (Å²) in [5.41, 5.74) is 7.10. The lowest BCUT2D eigenvalue weighted by Crippen LogP contribution is -1.94. The molecule has 0 amide bonds. The third kappa shape index (κ3) is 3.22. The summed E-state index contributed by atoms with van der Waals surface area (Å²) in [5, 5.41) is 10.0. The van der Waals surface area contributed by atoms with Crippen LogP contribution in [-0.4, -0.2) is 15.0 Å². The molecule has 3 aromatic carbocycles. The van der Waals surface area contributed by atoms with Gasteiger partial charge in [0.25, 0.3) is 0 Å². The van der Waals surface area contributed by atoms with E-state index in [9.17, 15) is 0 Å². The molecule has 0 saturated heterocycles. The van der Waals surface area contributed by atoms with Crippen molar-refractivity contribution in [3.05, 3.63) is 99.8 Å². The third-order valence-corrected chi connectivity index (χ3v) is 6.57. The van der Waals surface area contributed by atoms with Gasteiger partial charge in [0.1, 0.15) is 0 Å². The van der Waals surface area contributed by atoms with E-state index in [1.54, 1.807) is 10.7 Å².